The van der Waals surface area contributed by atoms with E-state index in [0.717, 1.165) is 30.6 Å². The van der Waals surface area contributed by atoms with Crippen LogP contribution >= 0.6 is 0 Å². The van der Waals surface area contributed by atoms with Gasteiger partial charge in [0.2, 0.25) is 11.8 Å². The standard InChI is InChI=1S/C14H19N3O2/c1-16(2)13(18)9-17-8-4-6-10-11(14(15)19)5-3-7-12(10)17/h3,5,7H,4,6,8-9H2,1-2H3,(H2,15,19). The number of likely N-dealkylation sites (N-methyl/N-ethyl adjacent to an activating group) is 1. The summed E-state index contributed by atoms with van der Waals surface area (Å²) in [6.07, 6.45) is 1.76. The predicted molar refractivity (Wildman–Crippen MR) is 74.2 cm³/mol. The Morgan fingerprint density at radius 1 is 1.37 bits per heavy atom. The second-order valence-corrected chi connectivity index (χ2v) is 4.98. The lowest BCUT2D eigenvalue weighted by molar-refractivity contribution is -0.127. The van der Waals surface area contributed by atoms with Crippen molar-refractivity contribution in [1.29, 1.82) is 0 Å². The van der Waals surface area contributed by atoms with Gasteiger partial charge in [-0.1, -0.05) is 6.07 Å². The molecule has 0 spiro atoms. The van der Waals surface area contributed by atoms with Crippen molar-refractivity contribution in [2.75, 3.05) is 32.1 Å². The Hall–Kier alpha value is -2.04. The Labute approximate surface area is 113 Å². The van der Waals surface area contributed by atoms with E-state index in [4.69, 9.17) is 5.73 Å². The zero-order valence-electron chi connectivity index (χ0n) is 11.3. The first kappa shape index (κ1) is 13.4. The molecule has 1 aromatic rings. The molecule has 0 bridgehead atoms. The van der Waals surface area contributed by atoms with Crippen LogP contribution in [0.5, 0.6) is 0 Å². The Morgan fingerprint density at radius 2 is 2.11 bits per heavy atom. The summed E-state index contributed by atoms with van der Waals surface area (Å²) in [5.74, 6) is -0.352. The molecule has 0 fully saturated rings. The third kappa shape index (κ3) is 2.70. The summed E-state index contributed by atoms with van der Waals surface area (Å²) < 4.78 is 0. The minimum atomic E-state index is -0.405. The fourth-order valence-corrected chi connectivity index (χ4v) is 2.40. The molecule has 0 saturated heterocycles. The Balaban J connectivity index is 2.32. The number of anilines is 1. The van der Waals surface area contributed by atoms with Crippen molar-refractivity contribution >= 4 is 17.5 Å². The summed E-state index contributed by atoms with van der Waals surface area (Å²) in [4.78, 5) is 26.9. The number of benzene rings is 1. The first-order valence-corrected chi connectivity index (χ1v) is 6.37. The molecule has 0 atom stereocenters. The van der Waals surface area contributed by atoms with Crippen LogP contribution in [0.3, 0.4) is 0 Å². The highest BCUT2D eigenvalue weighted by Gasteiger charge is 2.23. The molecule has 1 heterocycles. The Bertz CT molecular complexity index is 511. The SMILES string of the molecule is CN(C)C(=O)CN1CCCc2c(C(N)=O)cccc21. The number of nitrogens with two attached hydrogens (primary N) is 1. The zero-order valence-corrected chi connectivity index (χ0v) is 11.3. The van der Waals surface area contributed by atoms with Gasteiger partial charge < -0.3 is 15.5 Å². The van der Waals surface area contributed by atoms with Crippen LogP contribution in [-0.4, -0.2) is 43.9 Å². The maximum Gasteiger partial charge on any atom is 0.249 e. The van der Waals surface area contributed by atoms with Crippen molar-refractivity contribution < 1.29 is 9.59 Å². The van der Waals surface area contributed by atoms with Gasteiger partial charge in [-0.05, 0) is 30.5 Å². The number of fused-ring (bicyclic) bond motifs is 1. The van der Waals surface area contributed by atoms with Crippen LogP contribution in [0.25, 0.3) is 0 Å². The number of hydrogen-bond acceptors (Lipinski definition) is 3. The first-order chi connectivity index (χ1) is 9.00. The number of nitrogens with zero attached hydrogens (tertiary/aromatic N) is 2. The van der Waals surface area contributed by atoms with E-state index in [1.54, 1.807) is 25.1 Å². The first-order valence-electron chi connectivity index (χ1n) is 6.37. The van der Waals surface area contributed by atoms with Gasteiger partial charge in [-0.2, -0.15) is 0 Å². The fourth-order valence-electron chi connectivity index (χ4n) is 2.40. The molecular formula is C14H19N3O2. The lowest BCUT2D eigenvalue weighted by atomic mass is 9.96. The molecule has 2 amide bonds. The quantitative estimate of drug-likeness (QED) is 0.867. The largest absolute Gasteiger partial charge is 0.366 e. The van der Waals surface area contributed by atoms with Crippen molar-refractivity contribution in [2.45, 2.75) is 12.8 Å². The normalized spacial score (nSPS) is 13.9. The molecular weight excluding hydrogens is 242 g/mol. The molecule has 1 aliphatic heterocycles. The minimum Gasteiger partial charge on any atom is -0.366 e. The van der Waals surface area contributed by atoms with Gasteiger partial charge in [-0.25, -0.2) is 0 Å². The maximum atomic E-state index is 11.8. The van der Waals surface area contributed by atoms with E-state index in [0.29, 0.717) is 12.1 Å². The molecule has 0 unspecified atom stereocenters. The van der Waals surface area contributed by atoms with Gasteiger partial charge in [0.1, 0.15) is 0 Å². The summed E-state index contributed by atoms with van der Waals surface area (Å²) >= 11 is 0. The van der Waals surface area contributed by atoms with Crippen LogP contribution < -0.4 is 10.6 Å². The summed E-state index contributed by atoms with van der Waals surface area (Å²) in [5.41, 5.74) is 7.89. The van der Waals surface area contributed by atoms with E-state index in [1.165, 1.54) is 0 Å². The van der Waals surface area contributed by atoms with Gasteiger partial charge in [-0.3, -0.25) is 9.59 Å². The van der Waals surface area contributed by atoms with Gasteiger partial charge in [0, 0.05) is 31.9 Å². The average molecular weight is 261 g/mol. The minimum absolute atomic E-state index is 0.0531. The topological polar surface area (TPSA) is 66.6 Å². The number of primary amides is 1. The van der Waals surface area contributed by atoms with Gasteiger partial charge in [0.25, 0.3) is 0 Å². The Morgan fingerprint density at radius 3 is 2.74 bits per heavy atom. The third-order valence-corrected chi connectivity index (χ3v) is 3.44. The highest BCUT2D eigenvalue weighted by molar-refractivity contribution is 5.96. The van der Waals surface area contributed by atoms with Crippen LogP contribution in [0.1, 0.15) is 22.3 Å². The molecule has 0 radical (unpaired) electrons. The van der Waals surface area contributed by atoms with E-state index >= 15 is 0 Å². The van der Waals surface area contributed by atoms with Gasteiger partial charge in [-0.15, -0.1) is 0 Å². The summed E-state index contributed by atoms with van der Waals surface area (Å²) in [6.45, 7) is 1.16. The highest BCUT2D eigenvalue weighted by Crippen LogP contribution is 2.29. The number of amides is 2. The zero-order chi connectivity index (χ0) is 14.0. The molecule has 2 N–H and O–H groups in total. The van der Waals surface area contributed by atoms with Gasteiger partial charge in [0.05, 0.1) is 6.54 Å². The van der Waals surface area contributed by atoms with Crippen molar-refractivity contribution in [3.05, 3.63) is 29.3 Å². The van der Waals surface area contributed by atoms with Gasteiger partial charge >= 0.3 is 0 Å². The fraction of sp³-hybridized carbons (Fsp3) is 0.429. The number of rotatable bonds is 3. The molecule has 0 aromatic heterocycles. The van der Waals surface area contributed by atoms with Crippen molar-refractivity contribution in [2.24, 2.45) is 5.73 Å². The van der Waals surface area contributed by atoms with E-state index in [-0.39, 0.29) is 5.91 Å². The van der Waals surface area contributed by atoms with Crippen LogP contribution in [0.2, 0.25) is 0 Å². The predicted octanol–water partition coefficient (Wildman–Crippen LogP) is 0.626. The van der Waals surface area contributed by atoms with E-state index < -0.39 is 5.91 Å². The third-order valence-electron chi connectivity index (χ3n) is 3.44. The molecule has 0 aliphatic carbocycles. The van der Waals surface area contributed by atoms with E-state index in [2.05, 4.69) is 0 Å². The molecule has 1 aliphatic rings. The van der Waals surface area contributed by atoms with Crippen molar-refractivity contribution in [3.63, 3.8) is 0 Å². The number of carbonyl (C=O) groups is 2. The van der Waals surface area contributed by atoms with E-state index in [9.17, 15) is 9.59 Å². The molecule has 5 nitrogen and oxygen atoms in total. The second kappa shape index (κ2) is 5.30. The summed E-state index contributed by atoms with van der Waals surface area (Å²) in [7, 11) is 3.49. The van der Waals surface area contributed by atoms with Gasteiger partial charge in [0.15, 0.2) is 0 Å². The van der Waals surface area contributed by atoms with Crippen LogP contribution in [-0.2, 0) is 11.2 Å². The molecule has 5 heteroatoms. The number of hydrogen-bond donors (Lipinski definition) is 1. The Kier molecular flexibility index (Phi) is 3.74. The average Bonchev–Trinajstić information content (AvgIpc) is 2.38. The lowest BCUT2D eigenvalue weighted by Gasteiger charge is -2.32. The molecule has 0 saturated carbocycles. The highest BCUT2D eigenvalue weighted by atomic mass is 16.2. The molecule has 2 rings (SSSR count). The van der Waals surface area contributed by atoms with Crippen LogP contribution in [0, 0.1) is 0 Å². The summed E-state index contributed by atoms with van der Waals surface area (Å²) in [5, 5.41) is 0. The monoisotopic (exact) mass is 261 g/mol. The summed E-state index contributed by atoms with van der Waals surface area (Å²) in [6, 6.07) is 5.51. The van der Waals surface area contributed by atoms with Crippen molar-refractivity contribution in [3.8, 4) is 0 Å². The van der Waals surface area contributed by atoms with Crippen LogP contribution in [0.4, 0.5) is 5.69 Å². The number of carbonyl (C=O) groups excluding carboxylic acids is 2. The smallest absolute Gasteiger partial charge is 0.249 e. The second-order valence-electron chi connectivity index (χ2n) is 4.98. The van der Waals surface area contributed by atoms with Crippen LogP contribution in [0.15, 0.2) is 18.2 Å². The van der Waals surface area contributed by atoms with Crippen molar-refractivity contribution in [1.82, 2.24) is 4.90 Å². The lowest BCUT2D eigenvalue weighted by Crippen LogP contribution is -2.39. The molecule has 19 heavy (non-hydrogen) atoms. The molecule has 102 valence electrons. The molecule has 1 aromatic carbocycles. The van der Waals surface area contributed by atoms with E-state index in [1.807, 2.05) is 17.0 Å². The maximum absolute atomic E-state index is 11.8.